The number of hydrogen-bond acceptors (Lipinski definition) is 5. The molecule has 0 aromatic heterocycles. The van der Waals surface area contributed by atoms with Crippen LogP contribution in [-0.4, -0.2) is 63.1 Å². The van der Waals surface area contributed by atoms with Crippen LogP contribution >= 0.6 is 11.8 Å². The molecule has 0 aliphatic carbocycles. The smallest absolute Gasteiger partial charge is 0.325 e. The molecule has 174 valence electrons. The Bertz CT molecular complexity index is 643. The highest BCUT2D eigenvalue weighted by atomic mass is 32.2. The molecule has 2 heterocycles. The van der Waals surface area contributed by atoms with E-state index in [1.54, 1.807) is 0 Å². The summed E-state index contributed by atoms with van der Waals surface area (Å²) >= 11 is 1.52. The van der Waals surface area contributed by atoms with Crippen LogP contribution in [0.5, 0.6) is 0 Å². The van der Waals surface area contributed by atoms with Gasteiger partial charge in [-0.2, -0.15) is 0 Å². The molecule has 0 aromatic rings. The fraction of sp³-hybridized carbons (Fsp3) is 0.900. The minimum atomic E-state index is -2.09. The lowest BCUT2D eigenvalue weighted by atomic mass is 10.2. The quantitative estimate of drug-likeness (QED) is 0.558. The van der Waals surface area contributed by atoms with E-state index in [2.05, 4.69) is 73.0 Å². The highest BCUT2D eigenvalue weighted by Crippen LogP contribution is 2.47. The number of urea groups is 1. The van der Waals surface area contributed by atoms with Gasteiger partial charge in [-0.25, -0.2) is 9.18 Å². The molecule has 10 heteroatoms. The summed E-state index contributed by atoms with van der Waals surface area (Å²) in [7, 11) is -4.16. The Kier molecular flexibility index (Phi) is 7.31. The molecule has 0 radical (unpaired) electrons. The third kappa shape index (κ3) is 5.49. The first kappa shape index (κ1) is 25.8. The van der Waals surface area contributed by atoms with E-state index in [0.717, 1.165) is 0 Å². The lowest BCUT2D eigenvalue weighted by molar-refractivity contribution is -0.127. The minimum Gasteiger partial charge on any atom is -0.410 e. The van der Waals surface area contributed by atoms with Crippen molar-refractivity contribution < 1.29 is 22.8 Å². The number of thioether (sulfide) groups is 1. The highest BCUT2D eigenvalue weighted by Gasteiger charge is 2.51. The fourth-order valence-corrected chi connectivity index (χ4v) is 7.62. The predicted octanol–water partition coefficient (Wildman–Crippen LogP) is 5.08. The van der Waals surface area contributed by atoms with Crippen molar-refractivity contribution in [2.24, 2.45) is 0 Å². The second-order valence-corrected chi connectivity index (χ2v) is 22.2. The standard InChI is InChI=1S/C20H39FN2O4SSi2/c1-19(2,3)29(7,8)26-14-11-15(23-12-13(21)16(24)22-18(23)25)28-17(14)27-30(9,10)20(4,5)6/h13-15,17H,11-12H2,1-10H3,(H,22,24,25)/t13?,14-,15+,17-/m0/s1. The number of alkyl halides is 1. The molecule has 30 heavy (non-hydrogen) atoms. The topological polar surface area (TPSA) is 67.9 Å². The van der Waals surface area contributed by atoms with E-state index < -0.39 is 34.7 Å². The van der Waals surface area contributed by atoms with Crippen LogP contribution in [-0.2, 0) is 13.6 Å². The Morgan fingerprint density at radius 2 is 1.50 bits per heavy atom. The van der Waals surface area contributed by atoms with Gasteiger partial charge in [-0.1, -0.05) is 41.5 Å². The van der Waals surface area contributed by atoms with Crippen LogP contribution in [0.15, 0.2) is 0 Å². The molecule has 2 saturated heterocycles. The van der Waals surface area contributed by atoms with Gasteiger partial charge in [0.15, 0.2) is 22.8 Å². The van der Waals surface area contributed by atoms with Gasteiger partial charge in [0.25, 0.3) is 5.91 Å². The molecule has 2 fully saturated rings. The van der Waals surface area contributed by atoms with Crippen LogP contribution in [0.25, 0.3) is 0 Å². The molecule has 2 aliphatic heterocycles. The summed E-state index contributed by atoms with van der Waals surface area (Å²) in [6.45, 7) is 21.8. The molecular formula is C20H39FN2O4SSi2. The number of hydrogen-bond donors (Lipinski definition) is 1. The van der Waals surface area contributed by atoms with Gasteiger partial charge < -0.3 is 13.8 Å². The van der Waals surface area contributed by atoms with Crippen molar-refractivity contribution in [2.75, 3.05) is 6.54 Å². The first-order valence-electron chi connectivity index (χ1n) is 10.6. The third-order valence-corrected chi connectivity index (χ3v) is 17.5. The number of nitrogens with zero attached hydrogens (tertiary/aromatic N) is 1. The van der Waals surface area contributed by atoms with Crippen molar-refractivity contribution in [3.8, 4) is 0 Å². The van der Waals surface area contributed by atoms with Gasteiger partial charge >= 0.3 is 6.03 Å². The zero-order valence-corrected chi connectivity index (χ0v) is 22.9. The van der Waals surface area contributed by atoms with E-state index in [1.807, 2.05) is 0 Å². The zero-order chi connectivity index (χ0) is 23.3. The Hall–Kier alpha value is -0.426. The number of carbonyl (C=O) groups is 2. The largest absolute Gasteiger partial charge is 0.410 e. The lowest BCUT2D eigenvalue weighted by Crippen LogP contribution is -2.57. The van der Waals surface area contributed by atoms with Crippen LogP contribution in [0.3, 0.4) is 0 Å². The van der Waals surface area contributed by atoms with E-state index in [-0.39, 0.29) is 33.5 Å². The Labute approximate surface area is 187 Å². The van der Waals surface area contributed by atoms with E-state index in [0.29, 0.717) is 6.42 Å². The van der Waals surface area contributed by atoms with Gasteiger partial charge in [0.05, 0.1) is 18.0 Å². The average Bonchev–Trinajstić information content (AvgIpc) is 2.89. The molecule has 0 aromatic carbocycles. The number of nitrogens with one attached hydrogen (secondary N) is 1. The van der Waals surface area contributed by atoms with Crippen LogP contribution < -0.4 is 5.32 Å². The van der Waals surface area contributed by atoms with Crippen LogP contribution in [0.4, 0.5) is 9.18 Å². The molecule has 0 saturated carbocycles. The monoisotopic (exact) mass is 478 g/mol. The molecule has 4 atom stereocenters. The molecule has 0 spiro atoms. The van der Waals surface area contributed by atoms with Gasteiger partial charge in [0.2, 0.25) is 0 Å². The van der Waals surface area contributed by atoms with Gasteiger partial charge in [-0.3, -0.25) is 10.1 Å². The number of halogens is 1. The Morgan fingerprint density at radius 3 is 2.00 bits per heavy atom. The summed E-state index contributed by atoms with van der Waals surface area (Å²) in [6.07, 6.45) is -1.33. The van der Waals surface area contributed by atoms with Crippen molar-refractivity contribution in [3.05, 3.63) is 0 Å². The molecular weight excluding hydrogens is 439 g/mol. The molecule has 2 aliphatic rings. The summed E-state index contributed by atoms with van der Waals surface area (Å²) in [5.41, 5.74) is -0.228. The Morgan fingerprint density at radius 1 is 1.00 bits per heavy atom. The molecule has 6 nitrogen and oxygen atoms in total. The normalized spacial score (nSPS) is 29.4. The maximum absolute atomic E-state index is 14.0. The second kappa shape index (κ2) is 8.49. The van der Waals surface area contributed by atoms with Crippen molar-refractivity contribution >= 4 is 40.3 Å². The Balaban J connectivity index is 2.27. The average molecular weight is 479 g/mol. The first-order chi connectivity index (χ1) is 13.4. The van der Waals surface area contributed by atoms with E-state index in [4.69, 9.17) is 8.85 Å². The third-order valence-electron chi connectivity index (χ3n) is 6.98. The van der Waals surface area contributed by atoms with Gasteiger partial charge in [-0.15, -0.1) is 11.8 Å². The van der Waals surface area contributed by atoms with Crippen molar-refractivity contribution in [2.45, 2.75) is 107 Å². The van der Waals surface area contributed by atoms with Gasteiger partial charge in [-0.05, 0) is 36.3 Å². The predicted molar refractivity (Wildman–Crippen MR) is 125 cm³/mol. The van der Waals surface area contributed by atoms with Crippen LogP contribution in [0.1, 0.15) is 48.0 Å². The van der Waals surface area contributed by atoms with E-state index in [1.165, 1.54) is 16.7 Å². The summed E-state index contributed by atoms with van der Waals surface area (Å²) < 4.78 is 27.5. The summed E-state index contributed by atoms with van der Waals surface area (Å²) in [5.74, 6) is -0.859. The van der Waals surface area contributed by atoms with Crippen molar-refractivity contribution in [1.29, 1.82) is 0 Å². The number of imide groups is 1. The summed E-state index contributed by atoms with van der Waals surface area (Å²) in [6, 6.07) is -0.537. The molecule has 1 unspecified atom stereocenters. The SMILES string of the molecule is CC(C)(C)[Si](C)(C)O[C@H]1C[C@H](N2CC(F)C(=O)NC2=O)S[C@@H]1O[Si](C)(C)C(C)(C)C. The number of rotatable bonds is 5. The summed E-state index contributed by atoms with van der Waals surface area (Å²) in [5, 5.41) is 1.91. The fourth-order valence-electron chi connectivity index (χ4n) is 2.88. The van der Waals surface area contributed by atoms with Crippen LogP contribution in [0.2, 0.25) is 36.3 Å². The lowest BCUT2D eigenvalue weighted by Gasteiger charge is -2.42. The maximum atomic E-state index is 14.0. The second-order valence-electron chi connectivity index (χ2n) is 11.4. The minimum absolute atomic E-state index is 0.0339. The maximum Gasteiger partial charge on any atom is 0.325 e. The molecule has 3 amide bonds. The first-order valence-corrected chi connectivity index (χ1v) is 17.4. The molecule has 1 N–H and O–H groups in total. The number of carbonyl (C=O) groups excluding carboxylic acids is 2. The van der Waals surface area contributed by atoms with E-state index in [9.17, 15) is 14.0 Å². The molecule has 0 bridgehead atoms. The van der Waals surface area contributed by atoms with Crippen LogP contribution in [0, 0.1) is 0 Å². The molecule has 2 rings (SSSR count). The van der Waals surface area contributed by atoms with Gasteiger partial charge in [0, 0.05) is 6.42 Å². The van der Waals surface area contributed by atoms with Gasteiger partial charge in [0.1, 0.15) is 5.44 Å². The zero-order valence-electron chi connectivity index (χ0n) is 20.1. The number of amides is 3. The van der Waals surface area contributed by atoms with Crippen molar-refractivity contribution in [3.63, 3.8) is 0 Å². The summed E-state index contributed by atoms with van der Waals surface area (Å²) in [4.78, 5) is 25.3. The van der Waals surface area contributed by atoms with E-state index >= 15 is 0 Å². The van der Waals surface area contributed by atoms with Crippen molar-refractivity contribution in [1.82, 2.24) is 10.2 Å². The highest BCUT2D eigenvalue weighted by molar-refractivity contribution is 8.00.